The van der Waals surface area contributed by atoms with Gasteiger partial charge in [0.05, 0.1) is 11.1 Å². The van der Waals surface area contributed by atoms with Gasteiger partial charge in [-0.15, -0.1) is 0 Å². The van der Waals surface area contributed by atoms with Crippen molar-refractivity contribution in [3.8, 4) is 5.75 Å². The SMILES string of the molecule is Cc1nn(C)c(C(=O)N/N=C\c2ccc(O)cc2)c1[N+](=O)[O-]. The Morgan fingerprint density at radius 3 is 2.68 bits per heavy atom. The van der Waals surface area contributed by atoms with Crippen LogP contribution in [0.15, 0.2) is 29.4 Å². The van der Waals surface area contributed by atoms with Crippen LogP contribution in [0.25, 0.3) is 0 Å². The number of hydrogen-bond acceptors (Lipinski definition) is 6. The molecule has 1 heterocycles. The van der Waals surface area contributed by atoms with Crippen molar-refractivity contribution in [1.82, 2.24) is 15.2 Å². The molecule has 0 radical (unpaired) electrons. The van der Waals surface area contributed by atoms with Crippen molar-refractivity contribution in [2.45, 2.75) is 6.92 Å². The summed E-state index contributed by atoms with van der Waals surface area (Å²) in [5, 5.41) is 27.7. The van der Waals surface area contributed by atoms with Gasteiger partial charge in [0.15, 0.2) is 0 Å². The minimum Gasteiger partial charge on any atom is -0.508 e. The zero-order valence-electron chi connectivity index (χ0n) is 11.8. The number of aryl methyl sites for hydroxylation is 2. The van der Waals surface area contributed by atoms with Gasteiger partial charge in [-0.05, 0) is 36.8 Å². The second kappa shape index (κ2) is 6.04. The molecule has 0 bridgehead atoms. The fourth-order valence-corrected chi connectivity index (χ4v) is 1.90. The molecule has 0 aliphatic heterocycles. The Labute approximate surface area is 125 Å². The van der Waals surface area contributed by atoms with E-state index in [-0.39, 0.29) is 22.8 Å². The third kappa shape index (κ3) is 3.08. The van der Waals surface area contributed by atoms with Crippen LogP contribution in [0.1, 0.15) is 21.7 Å². The lowest BCUT2D eigenvalue weighted by atomic mass is 10.2. The average molecular weight is 303 g/mol. The van der Waals surface area contributed by atoms with Gasteiger partial charge < -0.3 is 5.11 Å². The van der Waals surface area contributed by atoms with Crippen molar-refractivity contribution in [1.29, 1.82) is 0 Å². The lowest BCUT2D eigenvalue weighted by Crippen LogP contribution is -2.22. The van der Waals surface area contributed by atoms with E-state index in [2.05, 4.69) is 15.6 Å². The molecule has 22 heavy (non-hydrogen) atoms. The van der Waals surface area contributed by atoms with E-state index in [0.717, 1.165) is 4.68 Å². The highest BCUT2D eigenvalue weighted by Gasteiger charge is 2.28. The number of amides is 1. The van der Waals surface area contributed by atoms with E-state index in [0.29, 0.717) is 5.56 Å². The largest absolute Gasteiger partial charge is 0.508 e. The second-order valence-corrected chi connectivity index (χ2v) is 4.45. The molecule has 0 atom stereocenters. The molecule has 9 heteroatoms. The van der Waals surface area contributed by atoms with Crippen LogP contribution < -0.4 is 5.43 Å². The zero-order valence-corrected chi connectivity index (χ0v) is 11.8. The van der Waals surface area contributed by atoms with Gasteiger partial charge in [0, 0.05) is 7.05 Å². The molecule has 9 nitrogen and oxygen atoms in total. The van der Waals surface area contributed by atoms with E-state index in [1.807, 2.05) is 0 Å². The average Bonchev–Trinajstić information content (AvgIpc) is 2.75. The number of rotatable bonds is 4. The van der Waals surface area contributed by atoms with Gasteiger partial charge in [-0.3, -0.25) is 19.6 Å². The fraction of sp³-hybridized carbons (Fsp3) is 0.154. The first-order valence-electron chi connectivity index (χ1n) is 6.20. The lowest BCUT2D eigenvalue weighted by Gasteiger charge is -2.00. The summed E-state index contributed by atoms with van der Waals surface area (Å²) in [6.07, 6.45) is 1.35. The summed E-state index contributed by atoms with van der Waals surface area (Å²) in [4.78, 5) is 22.4. The summed E-state index contributed by atoms with van der Waals surface area (Å²) in [7, 11) is 1.44. The number of carbonyl (C=O) groups excluding carboxylic acids is 1. The van der Waals surface area contributed by atoms with E-state index in [1.165, 1.54) is 32.3 Å². The van der Waals surface area contributed by atoms with Crippen molar-refractivity contribution in [3.63, 3.8) is 0 Å². The molecule has 114 valence electrons. The molecule has 0 aliphatic carbocycles. The molecule has 0 spiro atoms. The van der Waals surface area contributed by atoms with Gasteiger partial charge in [-0.2, -0.15) is 10.2 Å². The van der Waals surface area contributed by atoms with E-state index in [1.54, 1.807) is 12.1 Å². The highest BCUT2D eigenvalue weighted by atomic mass is 16.6. The summed E-state index contributed by atoms with van der Waals surface area (Å²) in [5.74, 6) is -0.619. The topological polar surface area (TPSA) is 123 Å². The quantitative estimate of drug-likeness (QED) is 0.497. The molecule has 1 aromatic heterocycles. The van der Waals surface area contributed by atoms with Crippen LogP contribution in [0, 0.1) is 17.0 Å². The molecular formula is C13H13N5O4. The Balaban J connectivity index is 2.16. The van der Waals surface area contributed by atoms with Gasteiger partial charge in [0.2, 0.25) is 5.69 Å². The molecule has 0 saturated heterocycles. The van der Waals surface area contributed by atoms with E-state index < -0.39 is 10.8 Å². The number of nitro groups is 1. The zero-order chi connectivity index (χ0) is 16.3. The Bertz CT molecular complexity index is 749. The fourth-order valence-electron chi connectivity index (χ4n) is 1.90. The first-order chi connectivity index (χ1) is 10.4. The van der Waals surface area contributed by atoms with Gasteiger partial charge in [0.1, 0.15) is 11.4 Å². The molecule has 0 saturated carbocycles. The summed E-state index contributed by atoms with van der Waals surface area (Å²) < 4.78 is 1.14. The van der Waals surface area contributed by atoms with Crippen molar-refractivity contribution < 1.29 is 14.8 Å². The number of aromatic hydroxyl groups is 1. The summed E-state index contributed by atoms with van der Waals surface area (Å²) >= 11 is 0. The first kappa shape index (κ1) is 15.2. The summed E-state index contributed by atoms with van der Waals surface area (Å²) in [6.45, 7) is 1.45. The maximum Gasteiger partial charge on any atom is 0.322 e. The van der Waals surface area contributed by atoms with Crippen LogP contribution >= 0.6 is 0 Å². The molecule has 0 fully saturated rings. The number of hydrazone groups is 1. The van der Waals surface area contributed by atoms with Gasteiger partial charge in [0.25, 0.3) is 5.91 Å². The summed E-state index contributed by atoms with van der Waals surface area (Å²) in [5.41, 5.74) is 2.49. The molecule has 1 aromatic carbocycles. The number of nitrogens with zero attached hydrogens (tertiary/aromatic N) is 4. The monoisotopic (exact) mass is 303 g/mol. The maximum absolute atomic E-state index is 12.0. The highest BCUT2D eigenvalue weighted by Crippen LogP contribution is 2.21. The number of nitrogens with one attached hydrogen (secondary N) is 1. The number of hydrogen-bond donors (Lipinski definition) is 2. The van der Waals surface area contributed by atoms with Crippen LogP contribution in [-0.4, -0.2) is 31.9 Å². The first-order valence-corrected chi connectivity index (χ1v) is 6.20. The highest BCUT2D eigenvalue weighted by molar-refractivity contribution is 5.97. The van der Waals surface area contributed by atoms with E-state index in [4.69, 9.17) is 5.11 Å². The van der Waals surface area contributed by atoms with Crippen LogP contribution in [-0.2, 0) is 7.05 Å². The normalized spacial score (nSPS) is 10.8. The summed E-state index contributed by atoms with van der Waals surface area (Å²) in [6, 6.07) is 6.14. The van der Waals surface area contributed by atoms with Gasteiger partial charge in [-0.1, -0.05) is 0 Å². The van der Waals surface area contributed by atoms with Crippen molar-refractivity contribution >= 4 is 17.8 Å². The molecule has 2 aromatic rings. The smallest absolute Gasteiger partial charge is 0.322 e. The van der Waals surface area contributed by atoms with Crippen LogP contribution in [0.3, 0.4) is 0 Å². The Morgan fingerprint density at radius 1 is 1.45 bits per heavy atom. The number of phenols is 1. The van der Waals surface area contributed by atoms with Crippen LogP contribution in [0.4, 0.5) is 5.69 Å². The predicted molar refractivity (Wildman–Crippen MR) is 77.8 cm³/mol. The van der Waals surface area contributed by atoms with E-state index >= 15 is 0 Å². The van der Waals surface area contributed by atoms with Crippen molar-refractivity contribution in [3.05, 3.63) is 51.3 Å². The maximum atomic E-state index is 12.0. The minimum atomic E-state index is -0.732. The van der Waals surface area contributed by atoms with Crippen LogP contribution in [0.5, 0.6) is 5.75 Å². The second-order valence-electron chi connectivity index (χ2n) is 4.45. The number of phenolic OH excluding ortho intramolecular Hbond substituents is 1. The predicted octanol–water partition coefficient (Wildman–Crippen LogP) is 1.11. The Kier molecular flexibility index (Phi) is 4.16. The molecular weight excluding hydrogens is 290 g/mol. The number of benzene rings is 1. The minimum absolute atomic E-state index is 0.113. The van der Waals surface area contributed by atoms with Gasteiger partial charge >= 0.3 is 5.69 Å². The van der Waals surface area contributed by atoms with Crippen LogP contribution in [0.2, 0.25) is 0 Å². The van der Waals surface area contributed by atoms with Gasteiger partial charge in [-0.25, -0.2) is 5.43 Å². The van der Waals surface area contributed by atoms with E-state index in [9.17, 15) is 14.9 Å². The molecule has 1 amide bonds. The molecule has 0 aliphatic rings. The van der Waals surface area contributed by atoms with Crippen molar-refractivity contribution in [2.24, 2.45) is 12.1 Å². The van der Waals surface area contributed by atoms with Crippen molar-refractivity contribution in [2.75, 3.05) is 0 Å². The molecule has 2 rings (SSSR count). The molecule has 2 N–H and O–H groups in total. The lowest BCUT2D eigenvalue weighted by molar-refractivity contribution is -0.385. The molecule has 0 unspecified atom stereocenters. The Morgan fingerprint density at radius 2 is 2.09 bits per heavy atom. The third-order valence-corrected chi connectivity index (χ3v) is 2.86. The Hall–Kier alpha value is -3.23. The number of carbonyl (C=O) groups is 1. The number of aromatic nitrogens is 2. The third-order valence-electron chi connectivity index (χ3n) is 2.86. The standard InChI is InChI=1S/C13H13N5O4/c1-8-11(18(21)22)12(17(2)16-8)13(20)15-14-7-9-3-5-10(19)6-4-9/h3-7,19H,1-2H3,(H,15,20)/b14-7-.